The molecule has 0 aliphatic carbocycles. The molecule has 0 heterocycles. The molecule has 0 aliphatic rings. The van der Waals surface area contributed by atoms with Crippen molar-refractivity contribution in [3.63, 3.8) is 0 Å². The minimum Gasteiger partial charge on any atom is -0.255 e. The van der Waals surface area contributed by atoms with E-state index < -0.39 is 7.71 Å². The SMILES string of the molecule is CN(C)N[Si](Cl)(NN(C)C)c1ccccc1. The molecule has 16 heavy (non-hydrogen) atoms. The Morgan fingerprint density at radius 3 is 1.75 bits per heavy atom. The van der Waals surface area contributed by atoms with Gasteiger partial charge in [0, 0.05) is 28.2 Å². The molecule has 0 saturated carbocycles. The van der Waals surface area contributed by atoms with Crippen molar-refractivity contribution in [2.24, 2.45) is 0 Å². The van der Waals surface area contributed by atoms with E-state index in [4.69, 9.17) is 11.1 Å². The van der Waals surface area contributed by atoms with Crippen molar-refractivity contribution >= 4 is 24.0 Å². The molecule has 1 aromatic carbocycles. The van der Waals surface area contributed by atoms with Gasteiger partial charge < -0.3 is 0 Å². The first-order valence-corrected chi connectivity index (χ1v) is 8.10. The number of hydrazine groups is 2. The second-order valence-corrected chi connectivity index (χ2v) is 8.08. The van der Waals surface area contributed by atoms with Crippen LogP contribution >= 0.6 is 11.1 Å². The van der Waals surface area contributed by atoms with Gasteiger partial charge in [0.1, 0.15) is 0 Å². The monoisotopic (exact) mass is 258 g/mol. The average molecular weight is 259 g/mol. The van der Waals surface area contributed by atoms with Crippen LogP contribution < -0.4 is 15.4 Å². The molecule has 2 N–H and O–H groups in total. The largest absolute Gasteiger partial charge is 0.362 e. The Morgan fingerprint density at radius 2 is 1.38 bits per heavy atom. The predicted molar refractivity (Wildman–Crippen MR) is 71.3 cm³/mol. The standard InChI is InChI=1S/C10H19ClN4Si/c1-14(2)12-16(11,13-15(3)4)10-8-6-5-7-9-10/h5-9,12-13H,1-4H3. The molecule has 0 radical (unpaired) electrons. The molecule has 0 amide bonds. The van der Waals surface area contributed by atoms with Gasteiger partial charge in [0.15, 0.2) is 0 Å². The van der Waals surface area contributed by atoms with Gasteiger partial charge in [-0.2, -0.15) is 0 Å². The molecular formula is C10H19ClN4Si. The molecule has 6 heteroatoms. The normalized spacial score (nSPS) is 12.4. The fourth-order valence-electron chi connectivity index (χ4n) is 1.44. The van der Waals surface area contributed by atoms with Crippen LogP contribution in [0, 0.1) is 0 Å². The van der Waals surface area contributed by atoms with Crippen LogP contribution in [0.15, 0.2) is 30.3 Å². The summed E-state index contributed by atoms with van der Waals surface area (Å²) < 4.78 is 0. The van der Waals surface area contributed by atoms with E-state index in [1.165, 1.54) is 0 Å². The van der Waals surface area contributed by atoms with Crippen LogP contribution in [0.1, 0.15) is 0 Å². The number of hydrogen-bond acceptors (Lipinski definition) is 4. The van der Waals surface area contributed by atoms with E-state index in [0.29, 0.717) is 0 Å². The highest BCUT2D eigenvalue weighted by Crippen LogP contribution is 2.03. The minimum atomic E-state index is -2.43. The van der Waals surface area contributed by atoms with Crippen molar-refractivity contribution in [1.82, 2.24) is 20.2 Å². The summed E-state index contributed by atoms with van der Waals surface area (Å²) in [6.07, 6.45) is 0. The number of nitrogens with one attached hydrogen (secondary N) is 2. The first-order chi connectivity index (χ1) is 7.44. The maximum absolute atomic E-state index is 6.69. The molecular weight excluding hydrogens is 240 g/mol. The molecule has 1 aromatic rings. The smallest absolute Gasteiger partial charge is 0.255 e. The van der Waals surface area contributed by atoms with E-state index >= 15 is 0 Å². The van der Waals surface area contributed by atoms with Gasteiger partial charge in [-0.25, -0.2) is 10.2 Å². The van der Waals surface area contributed by atoms with Gasteiger partial charge in [-0.3, -0.25) is 10.0 Å². The number of nitrogens with zero attached hydrogens (tertiary/aromatic N) is 2. The average Bonchev–Trinajstić information content (AvgIpc) is 2.16. The number of benzene rings is 1. The van der Waals surface area contributed by atoms with E-state index in [2.05, 4.69) is 10.2 Å². The molecule has 0 bridgehead atoms. The van der Waals surface area contributed by atoms with Crippen molar-refractivity contribution in [1.29, 1.82) is 0 Å². The third kappa shape index (κ3) is 3.86. The van der Waals surface area contributed by atoms with E-state index in [9.17, 15) is 0 Å². The quantitative estimate of drug-likeness (QED) is 0.449. The van der Waals surface area contributed by atoms with Crippen LogP contribution in [0.25, 0.3) is 0 Å². The summed E-state index contributed by atoms with van der Waals surface area (Å²) in [7, 11) is 5.31. The first-order valence-electron chi connectivity index (χ1n) is 5.09. The molecule has 4 nitrogen and oxygen atoms in total. The van der Waals surface area contributed by atoms with Gasteiger partial charge in [0.2, 0.25) is 0 Å². The molecule has 0 aliphatic heterocycles. The van der Waals surface area contributed by atoms with Crippen molar-refractivity contribution in [3.05, 3.63) is 30.3 Å². The highest BCUT2D eigenvalue weighted by atomic mass is 35.6. The molecule has 0 spiro atoms. The maximum Gasteiger partial charge on any atom is 0.362 e. The van der Waals surface area contributed by atoms with E-state index in [0.717, 1.165) is 5.19 Å². The van der Waals surface area contributed by atoms with Crippen molar-refractivity contribution in [2.45, 2.75) is 0 Å². The minimum absolute atomic E-state index is 1.10. The zero-order valence-corrected chi connectivity index (χ0v) is 11.9. The van der Waals surface area contributed by atoms with Crippen molar-refractivity contribution in [3.8, 4) is 0 Å². The van der Waals surface area contributed by atoms with Gasteiger partial charge in [0.05, 0.1) is 0 Å². The first kappa shape index (κ1) is 13.6. The number of rotatable bonds is 5. The Hall–Kier alpha value is -0.433. The second kappa shape index (κ2) is 5.76. The Morgan fingerprint density at radius 1 is 0.938 bits per heavy atom. The highest BCUT2D eigenvalue weighted by Gasteiger charge is 2.35. The predicted octanol–water partition coefficient (Wildman–Crippen LogP) is 0.204. The summed E-state index contributed by atoms with van der Waals surface area (Å²) in [4.78, 5) is 0. The molecule has 1 rings (SSSR count). The Bertz CT molecular complexity index is 308. The Balaban J connectivity index is 2.95. The molecule has 0 unspecified atom stereocenters. The maximum atomic E-state index is 6.69. The summed E-state index contributed by atoms with van der Waals surface area (Å²) >= 11 is 6.69. The molecule has 0 atom stereocenters. The highest BCUT2D eigenvalue weighted by molar-refractivity contribution is 7.24. The van der Waals surface area contributed by atoms with Crippen LogP contribution in [0.3, 0.4) is 0 Å². The summed E-state index contributed by atoms with van der Waals surface area (Å²) in [5, 5.41) is 11.4. The van der Waals surface area contributed by atoms with E-state index in [-0.39, 0.29) is 0 Å². The third-order valence-corrected chi connectivity index (χ3v) is 5.73. The third-order valence-electron chi connectivity index (χ3n) is 1.93. The fourth-order valence-corrected chi connectivity index (χ4v) is 5.02. The fraction of sp³-hybridized carbons (Fsp3) is 0.400. The van der Waals surface area contributed by atoms with E-state index in [1.807, 2.05) is 68.5 Å². The number of hydrogen-bond donors (Lipinski definition) is 2. The molecule has 90 valence electrons. The van der Waals surface area contributed by atoms with Gasteiger partial charge in [-0.1, -0.05) is 30.3 Å². The summed E-state index contributed by atoms with van der Waals surface area (Å²) in [5.41, 5.74) is 0. The van der Waals surface area contributed by atoms with Crippen LogP contribution in [-0.2, 0) is 0 Å². The van der Waals surface area contributed by atoms with Gasteiger partial charge >= 0.3 is 7.71 Å². The Kier molecular flexibility index (Phi) is 4.91. The second-order valence-electron chi connectivity index (χ2n) is 4.04. The van der Waals surface area contributed by atoms with Crippen LogP contribution in [0.2, 0.25) is 0 Å². The zero-order chi connectivity index (χ0) is 12.2. The lowest BCUT2D eigenvalue weighted by molar-refractivity contribution is 0.325. The topological polar surface area (TPSA) is 30.5 Å². The molecule has 0 fully saturated rings. The lowest BCUT2D eigenvalue weighted by Gasteiger charge is -2.32. The lowest BCUT2D eigenvalue weighted by Crippen LogP contribution is -2.72. The van der Waals surface area contributed by atoms with Gasteiger partial charge in [-0.05, 0) is 5.19 Å². The van der Waals surface area contributed by atoms with Gasteiger partial charge in [0.25, 0.3) is 0 Å². The molecule has 0 saturated heterocycles. The van der Waals surface area contributed by atoms with E-state index in [1.54, 1.807) is 0 Å². The summed E-state index contributed by atoms with van der Waals surface area (Å²) in [5.74, 6) is 0. The van der Waals surface area contributed by atoms with Gasteiger partial charge in [-0.15, -0.1) is 11.1 Å². The number of halogens is 1. The summed E-state index contributed by atoms with van der Waals surface area (Å²) in [6, 6.07) is 10.0. The van der Waals surface area contributed by atoms with Crippen LogP contribution in [0.4, 0.5) is 0 Å². The van der Waals surface area contributed by atoms with Crippen LogP contribution in [-0.4, -0.2) is 45.9 Å². The zero-order valence-electron chi connectivity index (χ0n) is 10.2. The van der Waals surface area contributed by atoms with Crippen molar-refractivity contribution < 1.29 is 0 Å². The summed E-state index contributed by atoms with van der Waals surface area (Å²) in [6.45, 7) is 0. The molecule has 0 aromatic heterocycles. The van der Waals surface area contributed by atoms with Crippen LogP contribution in [0.5, 0.6) is 0 Å². The lowest BCUT2D eigenvalue weighted by atomic mass is 10.4. The Labute approximate surface area is 103 Å². The van der Waals surface area contributed by atoms with Crippen molar-refractivity contribution in [2.75, 3.05) is 28.2 Å².